The van der Waals surface area contributed by atoms with Gasteiger partial charge in [0.2, 0.25) is 11.8 Å². The molecule has 2 aliphatic rings. The fraction of sp³-hybridized carbons (Fsp3) is 0.591. The molecule has 7 heteroatoms. The van der Waals surface area contributed by atoms with Crippen molar-refractivity contribution in [1.82, 2.24) is 15.0 Å². The number of aromatic nitrogens is 2. The van der Waals surface area contributed by atoms with Gasteiger partial charge in [-0.2, -0.15) is 4.98 Å². The summed E-state index contributed by atoms with van der Waals surface area (Å²) in [4.78, 5) is 19.6. The van der Waals surface area contributed by atoms with Crippen LogP contribution < -0.4 is 4.74 Å². The lowest BCUT2D eigenvalue weighted by Crippen LogP contribution is -2.43. The first-order valence-electron chi connectivity index (χ1n) is 10.6. The molecule has 1 aromatic carbocycles. The average Bonchev–Trinajstić information content (AvgIpc) is 3.23. The number of hydrogen-bond acceptors (Lipinski definition) is 6. The maximum Gasteiger partial charge on any atom is 0.249 e. The highest BCUT2D eigenvalue weighted by Crippen LogP contribution is 2.32. The maximum atomic E-state index is 13.1. The number of carbonyl (C=O) groups is 1. The predicted octanol–water partition coefficient (Wildman–Crippen LogP) is 3.48. The van der Waals surface area contributed by atoms with Crippen LogP contribution in [0.5, 0.6) is 5.75 Å². The summed E-state index contributed by atoms with van der Waals surface area (Å²) in [5, 5.41) is 4.12. The van der Waals surface area contributed by atoms with E-state index < -0.39 is 0 Å². The molecule has 29 heavy (non-hydrogen) atoms. The van der Waals surface area contributed by atoms with Crippen LogP contribution in [0.2, 0.25) is 0 Å². The lowest BCUT2D eigenvalue weighted by Gasteiger charge is -2.36. The first kappa shape index (κ1) is 19.9. The minimum atomic E-state index is -0.113. The van der Waals surface area contributed by atoms with E-state index in [1.807, 2.05) is 36.1 Å². The van der Waals surface area contributed by atoms with Gasteiger partial charge >= 0.3 is 0 Å². The van der Waals surface area contributed by atoms with Crippen LogP contribution in [0.25, 0.3) is 0 Å². The topological polar surface area (TPSA) is 77.7 Å². The van der Waals surface area contributed by atoms with Gasteiger partial charge in [0, 0.05) is 32.1 Å². The Morgan fingerprint density at radius 2 is 2.10 bits per heavy atom. The number of amides is 1. The number of nitrogens with zero attached hydrogens (tertiary/aromatic N) is 3. The van der Waals surface area contributed by atoms with Gasteiger partial charge < -0.3 is 18.9 Å². The molecule has 7 nitrogen and oxygen atoms in total. The largest absolute Gasteiger partial charge is 0.493 e. The van der Waals surface area contributed by atoms with Gasteiger partial charge in [-0.1, -0.05) is 17.3 Å². The van der Waals surface area contributed by atoms with E-state index in [1.165, 1.54) is 0 Å². The molecule has 1 aromatic heterocycles. The van der Waals surface area contributed by atoms with Crippen LogP contribution in [-0.4, -0.2) is 47.3 Å². The summed E-state index contributed by atoms with van der Waals surface area (Å²) in [5.41, 5.74) is 1.16. The Balaban J connectivity index is 1.36. The third-order valence-electron chi connectivity index (χ3n) is 5.71. The highest BCUT2D eigenvalue weighted by atomic mass is 16.5. The summed E-state index contributed by atoms with van der Waals surface area (Å²) in [6.07, 6.45) is 5.13. The number of piperidine rings is 1. The molecule has 0 aliphatic carbocycles. The van der Waals surface area contributed by atoms with Crippen molar-refractivity contribution in [3.8, 4) is 5.75 Å². The maximum absolute atomic E-state index is 13.1. The first-order chi connectivity index (χ1) is 14.2. The third kappa shape index (κ3) is 4.96. The molecule has 2 fully saturated rings. The second-order valence-corrected chi connectivity index (χ2v) is 7.89. The lowest BCUT2D eigenvalue weighted by atomic mass is 9.94. The SMILES string of the molecule is Cc1cccc(OCCc2noc(C3CCCCN3C(=O)C3CCOCC3)n2)c1. The Hall–Kier alpha value is -2.41. The van der Waals surface area contributed by atoms with Gasteiger partial charge in [0.1, 0.15) is 11.8 Å². The number of hydrogen-bond donors (Lipinski definition) is 0. The number of rotatable bonds is 6. The molecule has 3 heterocycles. The molecule has 1 amide bonds. The molecule has 0 bridgehead atoms. The van der Waals surface area contributed by atoms with Crippen LogP contribution in [0.4, 0.5) is 0 Å². The fourth-order valence-corrected chi connectivity index (χ4v) is 4.10. The van der Waals surface area contributed by atoms with Crippen LogP contribution in [0.1, 0.15) is 55.4 Å². The zero-order chi connectivity index (χ0) is 20.1. The molecule has 0 saturated carbocycles. The summed E-state index contributed by atoms with van der Waals surface area (Å²) < 4.78 is 16.7. The number of carbonyl (C=O) groups excluding carboxylic acids is 1. The van der Waals surface area contributed by atoms with Crippen molar-refractivity contribution in [3.63, 3.8) is 0 Å². The van der Waals surface area contributed by atoms with Crippen LogP contribution >= 0.6 is 0 Å². The molecular weight excluding hydrogens is 370 g/mol. The summed E-state index contributed by atoms with van der Waals surface area (Å²) in [6, 6.07) is 7.85. The van der Waals surface area contributed by atoms with Crippen molar-refractivity contribution in [2.45, 2.75) is 51.5 Å². The Labute approximate surface area is 171 Å². The van der Waals surface area contributed by atoms with Crippen molar-refractivity contribution < 1.29 is 18.8 Å². The molecule has 0 spiro atoms. The van der Waals surface area contributed by atoms with Crippen LogP contribution in [0, 0.1) is 12.8 Å². The van der Waals surface area contributed by atoms with Gasteiger partial charge in [0.25, 0.3) is 0 Å². The van der Waals surface area contributed by atoms with Gasteiger partial charge in [-0.25, -0.2) is 0 Å². The van der Waals surface area contributed by atoms with Gasteiger partial charge in [-0.15, -0.1) is 0 Å². The third-order valence-corrected chi connectivity index (χ3v) is 5.71. The zero-order valence-electron chi connectivity index (χ0n) is 17.0. The minimum Gasteiger partial charge on any atom is -0.493 e. The van der Waals surface area contributed by atoms with E-state index in [-0.39, 0.29) is 17.9 Å². The molecule has 1 atom stereocenters. The molecular formula is C22H29N3O4. The quantitative estimate of drug-likeness (QED) is 0.740. The van der Waals surface area contributed by atoms with E-state index in [9.17, 15) is 4.79 Å². The van der Waals surface area contributed by atoms with Gasteiger partial charge in [-0.3, -0.25) is 4.79 Å². The van der Waals surface area contributed by atoms with Crippen LogP contribution in [0.15, 0.2) is 28.8 Å². The van der Waals surface area contributed by atoms with E-state index >= 15 is 0 Å². The van der Waals surface area contributed by atoms with E-state index in [1.54, 1.807) is 0 Å². The standard InChI is InChI=1S/C22H29N3O4/c1-16-5-4-6-18(15-16)28-14-10-20-23-21(29-24-20)19-7-2-3-11-25(19)22(26)17-8-12-27-13-9-17/h4-6,15,17,19H,2-3,7-14H2,1H3. The Kier molecular flexibility index (Phi) is 6.44. The normalized spacial score (nSPS) is 20.6. The van der Waals surface area contributed by atoms with Crippen molar-refractivity contribution in [2.24, 2.45) is 5.92 Å². The number of benzene rings is 1. The molecule has 0 radical (unpaired) electrons. The van der Waals surface area contributed by atoms with Crippen LogP contribution in [0.3, 0.4) is 0 Å². The van der Waals surface area contributed by atoms with Gasteiger partial charge in [0.05, 0.1) is 6.61 Å². The second kappa shape index (κ2) is 9.39. The highest BCUT2D eigenvalue weighted by Gasteiger charge is 2.35. The molecule has 0 N–H and O–H groups in total. The van der Waals surface area contributed by atoms with Gasteiger partial charge in [0.15, 0.2) is 5.82 Å². The first-order valence-corrected chi connectivity index (χ1v) is 10.6. The molecule has 2 aliphatic heterocycles. The van der Waals surface area contributed by atoms with E-state index in [0.29, 0.717) is 38.0 Å². The van der Waals surface area contributed by atoms with E-state index in [0.717, 1.165) is 50.0 Å². The van der Waals surface area contributed by atoms with Crippen molar-refractivity contribution >= 4 is 5.91 Å². The monoisotopic (exact) mass is 399 g/mol. The lowest BCUT2D eigenvalue weighted by molar-refractivity contribution is -0.143. The smallest absolute Gasteiger partial charge is 0.249 e. The highest BCUT2D eigenvalue weighted by molar-refractivity contribution is 5.79. The Morgan fingerprint density at radius 3 is 2.93 bits per heavy atom. The molecule has 4 rings (SSSR count). The fourth-order valence-electron chi connectivity index (χ4n) is 4.10. The number of likely N-dealkylation sites (tertiary alicyclic amines) is 1. The van der Waals surface area contributed by atoms with Crippen LogP contribution in [-0.2, 0) is 16.0 Å². The summed E-state index contributed by atoms with van der Waals surface area (Å²) in [5.74, 6) is 2.27. The predicted molar refractivity (Wildman–Crippen MR) is 107 cm³/mol. The van der Waals surface area contributed by atoms with Crippen molar-refractivity contribution in [2.75, 3.05) is 26.4 Å². The second-order valence-electron chi connectivity index (χ2n) is 7.89. The van der Waals surface area contributed by atoms with Crippen molar-refractivity contribution in [3.05, 3.63) is 41.5 Å². The molecule has 2 aromatic rings. The van der Waals surface area contributed by atoms with E-state index in [4.69, 9.17) is 14.0 Å². The minimum absolute atomic E-state index is 0.0504. The Morgan fingerprint density at radius 1 is 1.24 bits per heavy atom. The Bertz CT molecular complexity index is 816. The summed E-state index contributed by atoms with van der Waals surface area (Å²) >= 11 is 0. The molecule has 2 saturated heterocycles. The molecule has 1 unspecified atom stereocenters. The summed E-state index contributed by atoms with van der Waals surface area (Å²) in [7, 11) is 0. The number of aryl methyl sites for hydroxylation is 1. The summed E-state index contributed by atoms with van der Waals surface area (Å²) in [6.45, 7) is 4.61. The number of ether oxygens (including phenoxy) is 2. The average molecular weight is 399 g/mol. The van der Waals surface area contributed by atoms with E-state index in [2.05, 4.69) is 10.1 Å². The van der Waals surface area contributed by atoms with Crippen molar-refractivity contribution in [1.29, 1.82) is 0 Å². The molecule has 156 valence electrons. The zero-order valence-corrected chi connectivity index (χ0v) is 17.0. The van der Waals surface area contributed by atoms with Gasteiger partial charge in [-0.05, 0) is 56.7 Å².